The third kappa shape index (κ3) is 4.73. The lowest BCUT2D eigenvalue weighted by Crippen LogP contribution is -2.20. The van der Waals surface area contributed by atoms with Crippen LogP contribution in [0.25, 0.3) is 11.2 Å². The van der Waals surface area contributed by atoms with Crippen molar-refractivity contribution in [2.75, 3.05) is 22.9 Å². The first-order valence-corrected chi connectivity index (χ1v) is 11.8. The number of halogens is 3. The maximum absolute atomic E-state index is 13.8. The van der Waals surface area contributed by atoms with E-state index in [0.29, 0.717) is 24.4 Å². The number of aromatic nitrogens is 3. The normalized spacial score (nSPS) is 17.3. The predicted molar refractivity (Wildman–Crippen MR) is 115 cm³/mol. The summed E-state index contributed by atoms with van der Waals surface area (Å²) < 4.78 is 60.5. The Balaban J connectivity index is 1.83. The fourth-order valence-corrected chi connectivity index (χ4v) is 4.30. The molecule has 0 spiro atoms. The second-order valence-electron chi connectivity index (χ2n) is 7.17. The van der Waals surface area contributed by atoms with Gasteiger partial charge in [0.25, 0.3) is 6.43 Å². The largest absolute Gasteiger partial charge is 0.358 e. The number of alkyl halides is 2. The molecule has 1 atom stereocenters. The predicted octanol–water partition coefficient (Wildman–Crippen LogP) is 4.84. The maximum Gasteiger partial charge on any atom is 0.295 e. The molecule has 8 nitrogen and oxygen atoms in total. The molecule has 1 aromatic carbocycles. The van der Waals surface area contributed by atoms with Crippen molar-refractivity contribution in [1.29, 1.82) is 0 Å². The van der Waals surface area contributed by atoms with Crippen molar-refractivity contribution in [3.05, 3.63) is 41.3 Å². The Morgan fingerprint density at radius 3 is 2.58 bits per heavy atom. The lowest BCUT2D eigenvalue weighted by molar-refractivity contribution is -0.0363. The fraction of sp³-hybridized carbons (Fsp3) is 0.368. The molecule has 0 amide bonds. The third-order valence-electron chi connectivity index (χ3n) is 4.78. The van der Waals surface area contributed by atoms with E-state index >= 15 is 0 Å². The highest BCUT2D eigenvalue weighted by Crippen LogP contribution is 2.37. The molecule has 4 rings (SSSR count). The summed E-state index contributed by atoms with van der Waals surface area (Å²) in [5.74, 6) is -0.456. The summed E-state index contributed by atoms with van der Waals surface area (Å²) in [7, 11) is -3.53. The number of fused-ring (bicyclic) bond motifs is 1. The van der Waals surface area contributed by atoms with Crippen LogP contribution in [0, 0.1) is 0 Å². The van der Waals surface area contributed by atoms with Crippen molar-refractivity contribution >= 4 is 49.9 Å². The Morgan fingerprint density at radius 2 is 1.94 bits per heavy atom. The van der Waals surface area contributed by atoms with Crippen molar-refractivity contribution in [3.8, 4) is 0 Å². The molecule has 1 unspecified atom stereocenters. The number of para-hydroxylation sites is 2. The summed E-state index contributed by atoms with van der Waals surface area (Å²) in [6, 6.07) is 8.04. The van der Waals surface area contributed by atoms with Gasteiger partial charge in [0, 0.05) is 12.7 Å². The lowest BCUT2D eigenvalue weighted by atomic mass is 10.2. The van der Waals surface area contributed by atoms with Crippen LogP contribution in [0.3, 0.4) is 0 Å². The summed E-state index contributed by atoms with van der Waals surface area (Å²) in [6.07, 6.45) is -0.164. The molecule has 3 aromatic rings. The lowest BCUT2D eigenvalue weighted by Gasteiger charge is -2.25. The summed E-state index contributed by atoms with van der Waals surface area (Å²) in [6.45, 7) is 0.462. The second-order valence-corrected chi connectivity index (χ2v) is 9.31. The van der Waals surface area contributed by atoms with Crippen LogP contribution >= 0.6 is 11.6 Å². The summed E-state index contributed by atoms with van der Waals surface area (Å²) in [5.41, 5.74) is 1.36. The molecule has 0 bridgehead atoms. The Kier molecular flexibility index (Phi) is 6.00. The second kappa shape index (κ2) is 8.56. The number of benzene rings is 1. The minimum Gasteiger partial charge on any atom is -0.358 e. The van der Waals surface area contributed by atoms with Gasteiger partial charge in [0.15, 0.2) is 11.5 Å². The van der Waals surface area contributed by atoms with E-state index in [1.54, 1.807) is 24.3 Å². The zero-order valence-electron chi connectivity index (χ0n) is 16.5. The van der Waals surface area contributed by atoms with Gasteiger partial charge in [-0.05, 0) is 31.4 Å². The molecule has 1 aliphatic heterocycles. The van der Waals surface area contributed by atoms with Gasteiger partial charge in [-0.3, -0.25) is 9.29 Å². The number of sulfonamides is 1. The van der Waals surface area contributed by atoms with E-state index in [2.05, 4.69) is 20.0 Å². The highest BCUT2D eigenvalue weighted by atomic mass is 35.5. The zero-order valence-corrected chi connectivity index (χ0v) is 18.1. The molecule has 0 aliphatic carbocycles. The minimum absolute atomic E-state index is 0.0707. The molecule has 31 heavy (non-hydrogen) atoms. The van der Waals surface area contributed by atoms with E-state index in [1.165, 1.54) is 10.6 Å². The Labute approximate surface area is 182 Å². The van der Waals surface area contributed by atoms with Crippen molar-refractivity contribution in [3.63, 3.8) is 0 Å². The van der Waals surface area contributed by atoms with E-state index in [-0.39, 0.29) is 22.0 Å². The van der Waals surface area contributed by atoms with Crippen LogP contribution in [-0.4, -0.2) is 35.8 Å². The molecule has 2 N–H and O–H groups in total. The molecule has 0 radical (unpaired) electrons. The zero-order chi connectivity index (χ0) is 22.2. The number of imidazole rings is 1. The number of anilines is 3. The first kappa shape index (κ1) is 21.7. The van der Waals surface area contributed by atoms with Crippen LogP contribution in [0.15, 0.2) is 30.3 Å². The molecule has 1 saturated heterocycles. The van der Waals surface area contributed by atoms with Gasteiger partial charge >= 0.3 is 0 Å². The van der Waals surface area contributed by atoms with Gasteiger partial charge in [0.1, 0.15) is 16.9 Å². The first-order chi connectivity index (χ1) is 14.7. The summed E-state index contributed by atoms with van der Waals surface area (Å²) >= 11 is 6.20. The van der Waals surface area contributed by atoms with E-state index in [9.17, 15) is 17.2 Å². The Hall–Kier alpha value is -2.50. The number of nitrogens with zero attached hydrogens (tertiary/aromatic N) is 3. The molecule has 1 aliphatic rings. The quantitative estimate of drug-likeness (QED) is 0.499. The summed E-state index contributed by atoms with van der Waals surface area (Å²) in [4.78, 5) is 8.38. The number of hydrogen-bond acceptors (Lipinski definition) is 6. The van der Waals surface area contributed by atoms with Gasteiger partial charge in [-0.25, -0.2) is 27.2 Å². The number of nitrogens with one attached hydrogen (secondary N) is 2. The number of rotatable bonds is 6. The molecule has 2 aromatic heterocycles. The van der Waals surface area contributed by atoms with E-state index in [4.69, 9.17) is 16.3 Å². The number of ether oxygens (including phenoxy) is 1. The smallest absolute Gasteiger partial charge is 0.295 e. The molecule has 166 valence electrons. The van der Waals surface area contributed by atoms with E-state index < -0.39 is 28.5 Å². The molecule has 1 fully saturated rings. The molecular formula is C19H20ClF2N5O3S. The van der Waals surface area contributed by atoms with Crippen LogP contribution in [0.5, 0.6) is 0 Å². The highest BCUT2D eigenvalue weighted by Gasteiger charge is 2.28. The van der Waals surface area contributed by atoms with Crippen molar-refractivity contribution in [2.24, 2.45) is 0 Å². The van der Waals surface area contributed by atoms with Gasteiger partial charge in [0.2, 0.25) is 10.0 Å². The van der Waals surface area contributed by atoms with Gasteiger partial charge in [-0.2, -0.15) is 0 Å². The van der Waals surface area contributed by atoms with Crippen LogP contribution < -0.4 is 10.0 Å². The van der Waals surface area contributed by atoms with E-state index in [1.807, 2.05) is 0 Å². The van der Waals surface area contributed by atoms with Gasteiger partial charge in [-0.1, -0.05) is 23.7 Å². The fourth-order valence-electron chi connectivity index (χ4n) is 3.54. The van der Waals surface area contributed by atoms with Crippen LogP contribution in [0.1, 0.15) is 37.7 Å². The molecule has 0 saturated carbocycles. The van der Waals surface area contributed by atoms with Gasteiger partial charge in [-0.15, -0.1) is 0 Å². The Morgan fingerprint density at radius 1 is 1.19 bits per heavy atom. The van der Waals surface area contributed by atoms with E-state index in [0.717, 1.165) is 19.1 Å². The average Bonchev–Trinajstić information content (AvgIpc) is 3.09. The van der Waals surface area contributed by atoms with Crippen LogP contribution in [0.4, 0.5) is 25.8 Å². The minimum atomic E-state index is -3.53. The summed E-state index contributed by atoms with van der Waals surface area (Å²) in [5, 5.41) is 3.12. The SMILES string of the molecule is CS(=O)(=O)Nc1ccccc1Nc1cc(Cl)nc2c1nc(C(F)F)n2C1CCCCO1. The van der Waals surface area contributed by atoms with Crippen molar-refractivity contribution < 1.29 is 21.9 Å². The standard InChI is InChI=1S/C19H20ClF2N5O3S/c1-31(28,29)26-12-7-3-2-6-11(12)23-13-10-14(20)24-18-16(13)25-19(17(21)22)27(18)15-8-4-5-9-30-15/h2-3,6-7,10,15,17,26H,4-5,8-9H2,1H3,(H,23,24). The van der Waals surface area contributed by atoms with Crippen LogP contribution in [-0.2, 0) is 14.8 Å². The third-order valence-corrected chi connectivity index (χ3v) is 5.56. The topological polar surface area (TPSA) is 98.1 Å². The molecule has 3 heterocycles. The highest BCUT2D eigenvalue weighted by molar-refractivity contribution is 7.92. The van der Waals surface area contributed by atoms with Crippen molar-refractivity contribution in [1.82, 2.24) is 14.5 Å². The average molecular weight is 472 g/mol. The van der Waals surface area contributed by atoms with Gasteiger partial charge in [0.05, 0.1) is 23.3 Å². The Bertz CT molecular complexity index is 1210. The van der Waals surface area contributed by atoms with Crippen molar-refractivity contribution in [2.45, 2.75) is 31.9 Å². The number of hydrogen-bond donors (Lipinski definition) is 2. The molecule has 12 heteroatoms. The van der Waals surface area contributed by atoms with Gasteiger partial charge < -0.3 is 10.1 Å². The number of pyridine rings is 1. The monoisotopic (exact) mass is 471 g/mol. The van der Waals surface area contributed by atoms with Crippen LogP contribution in [0.2, 0.25) is 5.15 Å². The maximum atomic E-state index is 13.8. The molecular weight excluding hydrogens is 452 g/mol. The first-order valence-electron chi connectivity index (χ1n) is 9.55.